The van der Waals surface area contributed by atoms with E-state index in [2.05, 4.69) is 90.3 Å². The summed E-state index contributed by atoms with van der Waals surface area (Å²) in [5.74, 6) is -0.257. The maximum absolute atomic E-state index is 13.5. The summed E-state index contributed by atoms with van der Waals surface area (Å²) in [5.41, 5.74) is 4.99. The molecule has 0 radical (unpaired) electrons. The number of nitrogens with one attached hydrogen (secondary N) is 5. The Hall–Kier alpha value is -6.66. The molecule has 0 unspecified atom stereocenters. The molecule has 5 N–H and O–H groups in total. The van der Waals surface area contributed by atoms with E-state index in [0.29, 0.717) is 81.4 Å². The third-order valence-electron chi connectivity index (χ3n) is 9.56. The molecule has 8 aromatic rings. The monoisotopic (exact) mass is 990 g/mol. The van der Waals surface area contributed by atoms with E-state index < -0.39 is 23.1 Å². The van der Waals surface area contributed by atoms with Crippen molar-refractivity contribution >= 4 is 58.1 Å². The van der Waals surface area contributed by atoms with Gasteiger partial charge in [-0.05, 0) is 114 Å². The zero-order chi connectivity index (χ0) is 48.2. The van der Waals surface area contributed by atoms with E-state index in [4.69, 9.17) is 23.2 Å². The predicted octanol–water partition coefficient (Wildman–Crippen LogP) is 4.20. The van der Waals surface area contributed by atoms with Gasteiger partial charge in [0.25, 0.3) is 0 Å². The number of rotatable bonds is 18. The van der Waals surface area contributed by atoms with Crippen molar-refractivity contribution in [1.82, 2.24) is 60.0 Å². The van der Waals surface area contributed by atoms with E-state index in [1.165, 1.54) is 30.5 Å². The molecule has 352 valence electrons. The second-order valence-corrected chi connectivity index (χ2v) is 16.2. The topological polar surface area (TPSA) is 248 Å². The van der Waals surface area contributed by atoms with Gasteiger partial charge in [-0.25, -0.2) is 28.3 Å². The van der Waals surface area contributed by atoms with Crippen LogP contribution < -0.4 is 67.3 Å². The number of benzene rings is 2. The second-order valence-electron chi connectivity index (χ2n) is 15.3. The maximum atomic E-state index is 13.5. The van der Waals surface area contributed by atoms with Crippen LogP contribution in [0.2, 0.25) is 10.0 Å². The van der Waals surface area contributed by atoms with Gasteiger partial charge in [-0.2, -0.15) is 9.97 Å². The molecule has 2 aromatic carbocycles. The van der Waals surface area contributed by atoms with Crippen LogP contribution in [0, 0.1) is 11.6 Å². The fourth-order valence-corrected chi connectivity index (χ4v) is 6.65. The summed E-state index contributed by atoms with van der Waals surface area (Å²) in [6, 6.07) is 12.1. The standard InChI is InChI=1S/2C22H22ClFN8O2.Na/c2*1-32(2)7-3-6-26-20-16(13-8-14(11-25-10-13)19-30-22(33)34-31-19)12-27-21(29-20)28-15-4-5-18(24)17(23)9-15;/h4-5,8-12H,3,6-7H2,1-2H3,(H,30,31,33)(H2,26,27,28,29);4-5,8-12H,3,6-7H2,1-2H3,(H3,26,27,28,29,30,31,33);/q;;+1/p-1. The Balaban J connectivity index is 0.000000224. The molecule has 0 amide bonds. The molecule has 0 fully saturated rings. The minimum Gasteiger partial charge on any atom is -0.422 e. The second kappa shape index (κ2) is 24.6. The van der Waals surface area contributed by atoms with Gasteiger partial charge in [0.15, 0.2) is 5.82 Å². The number of aromatic amines is 1. The largest absolute Gasteiger partial charge is 1.00 e. The van der Waals surface area contributed by atoms with Gasteiger partial charge >= 0.3 is 41.1 Å². The van der Waals surface area contributed by atoms with E-state index in [1.54, 1.807) is 55.2 Å². The van der Waals surface area contributed by atoms with Gasteiger partial charge in [0.05, 0.1) is 10.0 Å². The molecule has 6 aromatic heterocycles. The van der Waals surface area contributed by atoms with Crippen molar-refractivity contribution in [2.24, 2.45) is 0 Å². The summed E-state index contributed by atoms with van der Waals surface area (Å²) < 4.78 is 36.1. The molecule has 0 aliphatic heterocycles. The van der Waals surface area contributed by atoms with Crippen LogP contribution in [0.3, 0.4) is 0 Å². The number of anilines is 6. The van der Waals surface area contributed by atoms with Gasteiger partial charge in [0, 0.05) is 89.5 Å². The Kier molecular flexibility index (Phi) is 18.4. The van der Waals surface area contributed by atoms with Crippen molar-refractivity contribution in [2.75, 3.05) is 75.6 Å². The summed E-state index contributed by atoms with van der Waals surface area (Å²) in [7, 11) is 8.04. The molecule has 0 spiro atoms. The van der Waals surface area contributed by atoms with Gasteiger partial charge < -0.3 is 40.6 Å². The third-order valence-corrected chi connectivity index (χ3v) is 10.1. The van der Waals surface area contributed by atoms with Crippen molar-refractivity contribution < 1.29 is 47.4 Å². The Bertz CT molecular complexity index is 2890. The summed E-state index contributed by atoms with van der Waals surface area (Å²) >= 11 is 11.8. The van der Waals surface area contributed by atoms with E-state index in [-0.39, 0.29) is 51.3 Å². The number of aromatic nitrogens is 10. The summed E-state index contributed by atoms with van der Waals surface area (Å²) in [4.78, 5) is 59.5. The average Bonchev–Trinajstić information content (AvgIpc) is 3.97. The fraction of sp³-hybridized carbons (Fsp3) is 0.227. The molecular weight excluding hydrogens is 948 g/mol. The van der Waals surface area contributed by atoms with Crippen LogP contribution in [-0.2, 0) is 0 Å². The molecule has 0 aliphatic carbocycles. The van der Waals surface area contributed by atoms with Gasteiger partial charge in [-0.15, -0.1) is 0 Å². The first-order chi connectivity index (χ1) is 32.8. The van der Waals surface area contributed by atoms with Crippen LogP contribution in [0.15, 0.2) is 104 Å². The van der Waals surface area contributed by atoms with Crippen LogP contribution >= 0.6 is 23.2 Å². The number of hydrogen-bond acceptors (Lipinski definition) is 18. The van der Waals surface area contributed by atoms with Crippen LogP contribution in [0.1, 0.15) is 12.8 Å². The first kappa shape index (κ1) is 51.7. The Morgan fingerprint density at radius 2 is 1.14 bits per heavy atom. The molecule has 69 heavy (non-hydrogen) atoms. The molecule has 0 saturated heterocycles. The number of hydrogen-bond donors (Lipinski definition) is 5. The average molecular weight is 992 g/mol. The molecule has 0 atom stereocenters. The van der Waals surface area contributed by atoms with Crippen LogP contribution in [0.25, 0.3) is 45.0 Å². The van der Waals surface area contributed by atoms with E-state index in [1.807, 2.05) is 28.2 Å². The van der Waals surface area contributed by atoms with Crippen LogP contribution in [0.4, 0.5) is 43.7 Å². The molecule has 8 rings (SSSR count). The van der Waals surface area contributed by atoms with Crippen molar-refractivity contribution in [3.8, 4) is 45.0 Å². The maximum Gasteiger partial charge on any atom is 1.00 e. The molecule has 6 heterocycles. The Morgan fingerprint density at radius 1 is 0.652 bits per heavy atom. The zero-order valence-electron chi connectivity index (χ0n) is 37.9. The van der Waals surface area contributed by atoms with Crippen LogP contribution in [0.5, 0.6) is 0 Å². The number of H-pyrrole nitrogens is 1. The van der Waals surface area contributed by atoms with Crippen molar-refractivity contribution in [2.45, 2.75) is 12.8 Å². The molecule has 25 heteroatoms. The number of nitrogens with zero attached hydrogens (tertiary/aromatic N) is 11. The van der Waals surface area contributed by atoms with Gasteiger partial charge in [0.1, 0.15) is 23.3 Å². The van der Waals surface area contributed by atoms with E-state index >= 15 is 0 Å². The van der Waals surface area contributed by atoms with Crippen molar-refractivity contribution in [3.63, 3.8) is 0 Å². The molecule has 0 bridgehead atoms. The SMILES string of the molecule is CN(C)CCCNc1nc(Nc2ccc(F)c(Cl)c2)ncc1-c1cncc(-c2noc(=O)[n-]2)c1.CN(C)CCCNc1nc(Nc2ccc(F)c(Cl)c2)ncc1-c1cncc(-c2noc(=O)[nH]2)c1.[Na+]. The van der Waals surface area contributed by atoms with Crippen molar-refractivity contribution in [3.05, 3.63) is 128 Å². The fourth-order valence-electron chi connectivity index (χ4n) is 6.29. The Labute approximate surface area is 425 Å². The molecule has 20 nitrogen and oxygen atoms in total. The third kappa shape index (κ3) is 14.7. The Morgan fingerprint density at radius 3 is 1.59 bits per heavy atom. The molecule has 0 aliphatic rings. The first-order valence-electron chi connectivity index (χ1n) is 20.7. The van der Waals surface area contributed by atoms with E-state index in [9.17, 15) is 18.4 Å². The summed E-state index contributed by atoms with van der Waals surface area (Å²) in [6.07, 6.45) is 11.5. The quantitative estimate of drug-likeness (QED) is 0.0597. The minimum absolute atomic E-state index is 0. The van der Waals surface area contributed by atoms with Gasteiger partial charge in [0.2, 0.25) is 11.9 Å². The normalized spacial score (nSPS) is 10.9. The summed E-state index contributed by atoms with van der Waals surface area (Å²) in [6.45, 7) is 3.15. The smallest absolute Gasteiger partial charge is 0.422 e. The van der Waals surface area contributed by atoms with Gasteiger partial charge in [-0.1, -0.05) is 28.4 Å². The van der Waals surface area contributed by atoms with Crippen molar-refractivity contribution in [1.29, 1.82) is 0 Å². The first-order valence-corrected chi connectivity index (χ1v) is 21.5. The zero-order valence-corrected chi connectivity index (χ0v) is 41.4. The molecule has 0 saturated carbocycles. The van der Waals surface area contributed by atoms with Crippen LogP contribution in [-0.4, -0.2) is 109 Å². The minimum atomic E-state index is -0.775. The number of halogens is 4. The number of pyridine rings is 2. The summed E-state index contributed by atoms with van der Waals surface area (Å²) in [5, 5.41) is 20.1. The molecular formula is C44H43Cl2F2N16NaO4. The van der Waals surface area contributed by atoms with E-state index in [0.717, 1.165) is 25.9 Å². The predicted molar refractivity (Wildman–Crippen MR) is 254 cm³/mol. The van der Waals surface area contributed by atoms with Gasteiger partial charge in [-0.3, -0.25) is 24.6 Å².